The van der Waals surface area contributed by atoms with E-state index in [-0.39, 0.29) is 80.1 Å². The summed E-state index contributed by atoms with van der Waals surface area (Å²) in [6, 6.07) is 24.4. The average molecular weight is 637 g/mol. The van der Waals surface area contributed by atoms with E-state index >= 15 is 0 Å². The van der Waals surface area contributed by atoms with E-state index in [1.54, 1.807) is 12.1 Å². The Morgan fingerprint density at radius 1 is 0.347 bits per heavy atom. The summed E-state index contributed by atoms with van der Waals surface area (Å²) in [5.74, 6) is 0. The van der Waals surface area contributed by atoms with Gasteiger partial charge in [-0.3, -0.25) is 0 Å². The minimum absolute atomic E-state index is 0.0618. The van der Waals surface area contributed by atoms with Gasteiger partial charge in [-0.05, 0) is 101 Å². The first kappa shape index (κ1) is 17.1. The van der Waals surface area contributed by atoms with Gasteiger partial charge in [-0.25, -0.2) is 0 Å². The molecule has 0 bridgehead atoms. The van der Waals surface area contributed by atoms with E-state index in [9.17, 15) is 4.11 Å². The van der Waals surface area contributed by atoms with Crippen molar-refractivity contribution in [3.8, 4) is 44.5 Å². The van der Waals surface area contributed by atoms with Crippen LogP contribution in [0, 0.1) is 0 Å². The molecular formula is C48H30O. The third-order valence-corrected chi connectivity index (χ3v) is 9.00. The Labute approximate surface area is 304 Å². The molecule has 0 amide bonds. The van der Waals surface area contributed by atoms with Gasteiger partial charge >= 0.3 is 0 Å². The molecular weight excluding hydrogens is 593 g/mol. The Morgan fingerprint density at radius 3 is 1.59 bits per heavy atom. The molecule has 0 aliphatic rings. The van der Waals surface area contributed by atoms with Gasteiger partial charge in [0.05, 0.1) is 19.2 Å². The van der Waals surface area contributed by atoms with E-state index in [2.05, 4.69) is 0 Å². The summed E-state index contributed by atoms with van der Waals surface area (Å²) in [4.78, 5) is 0. The van der Waals surface area contributed by atoms with Crippen molar-refractivity contribution in [1.82, 2.24) is 0 Å². The van der Waals surface area contributed by atoms with Gasteiger partial charge in [-0.2, -0.15) is 0 Å². The molecule has 0 aliphatic heterocycles. The van der Waals surface area contributed by atoms with Crippen molar-refractivity contribution in [2.45, 2.75) is 0 Å². The standard InChI is InChI=1S/C48H30O/c1-2-12-31(13-3-1)32-22-24-33(25-23-32)37-16-6-7-17-39(37)48-42-20-10-8-18-40(42)47(41-19-9-11-21-43(41)48)36-26-27-38-44-28-34-14-4-5-15-35(34)29-46(44)49-45(38)30-36/h1-30H/i1D,2D,3D,4D,5D,12D,13D,14D,15D,26D,27D,28D,29D,30D. The first-order chi connectivity index (χ1) is 30.1. The van der Waals surface area contributed by atoms with Gasteiger partial charge in [0.15, 0.2) is 0 Å². The predicted molar refractivity (Wildman–Crippen MR) is 208 cm³/mol. The summed E-state index contributed by atoms with van der Waals surface area (Å²) in [6.45, 7) is 0. The molecule has 0 saturated carbocycles. The molecule has 0 radical (unpaired) electrons. The molecule has 9 aromatic carbocycles. The summed E-state index contributed by atoms with van der Waals surface area (Å²) in [6.07, 6.45) is 0. The molecule has 1 heterocycles. The maximum atomic E-state index is 9.67. The van der Waals surface area contributed by atoms with Gasteiger partial charge < -0.3 is 4.42 Å². The van der Waals surface area contributed by atoms with Crippen LogP contribution in [0.1, 0.15) is 19.2 Å². The van der Waals surface area contributed by atoms with Crippen LogP contribution < -0.4 is 0 Å². The van der Waals surface area contributed by atoms with Crippen molar-refractivity contribution in [1.29, 1.82) is 0 Å². The molecule has 0 saturated heterocycles. The maximum absolute atomic E-state index is 9.67. The second-order valence-electron chi connectivity index (χ2n) is 11.7. The molecule has 0 fully saturated rings. The summed E-state index contributed by atoms with van der Waals surface area (Å²) in [5, 5.41) is 2.35. The quantitative estimate of drug-likeness (QED) is 0.175. The Balaban J connectivity index is 1.22. The monoisotopic (exact) mass is 636 g/mol. The lowest BCUT2D eigenvalue weighted by molar-refractivity contribution is 0.669. The van der Waals surface area contributed by atoms with Crippen LogP contribution >= 0.6 is 0 Å². The number of benzene rings is 9. The third kappa shape index (κ3) is 4.47. The Hall–Kier alpha value is -6.44. The van der Waals surface area contributed by atoms with E-state index in [1.807, 2.05) is 84.9 Å². The van der Waals surface area contributed by atoms with Crippen molar-refractivity contribution in [3.05, 3.63) is 182 Å². The van der Waals surface area contributed by atoms with Gasteiger partial charge in [0.2, 0.25) is 0 Å². The zero-order chi connectivity index (χ0) is 44.5. The molecule has 10 aromatic rings. The van der Waals surface area contributed by atoms with Crippen molar-refractivity contribution in [2.75, 3.05) is 0 Å². The first-order valence-electron chi connectivity index (χ1n) is 22.7. The second-order valence-corrected chi connectivity index (χ2v) is 11.7. The molecule has 0 atom stereocenters. The molecule has 0 N–H and O–H groups in total. The smallest absolute Gasteiger partial charge is 0.136 e. The molecule has 0 aliphatic carbocycles. The van der Waals surface area contributed by atoms with E-state index in [1.165, 1.54) is 0 Å². The van der Waals surface area contributed by atoms with Crippen molar-refractivity contribution in [2.24, 2.45) is 0 Å². The Bertz CT molecular complexity index is 3580. The minimum atomic E-state index is -0.571. The van der Waals surface area contributed by atoms with Crippen LogP contribution in [-0.4, -0.2) is 0 Å². The summed E-state index contributed by atoms with van der Waals surface area (Å²) < 4.78 is 128. The molecule has 0 spiro atoms. The van der Waals surface area contributed by atoms with Gasteiger partial charge in [0, 0.05) is 10.8 Å². The van der Waals surface area contributed by atoms with Gasteiger partial charge in [-0.15, -0.1) is 0 Å². The van der Waals surface area contributed by atoms with E-state index in [0.717, 1.165) is 33.0 Å². The van der Waals surface area contributed by atoms with E-state index < -0.39 is 48.3 Å². The Morgan fingerprint density at radius 2 is 0.898 bits per heavy atom. The number of hydrogen-bond donors (Lipinski definition) is 0. The number of hydrogen-bond acceptors (Lipinski definition) is 1. The third-order valence-electron chi connectivity index (χ3n) is 9.00. The first-order valence-corrected chi connectivity index (χ1v) is 15.7. The number of furan rings is 1. The van der Waals surface area contributed by atoms with Gasteiger partial charge in [-0.1, -0.05) is 157 Å². The highest BCUT2D eigenvalue weighted by molar-refractivity contribution is 6.23. The van der Waals surface area contributed by atoms with Crippen LogP contribution in [0.25, 0.3) is 98.8 Å². The predicted octanol–water partition coefficient (Wildman–Crippen LogP) is 13.7. The molecule has 0 unspecified atom stereocenters. The van der Waals surface area contributed by atoms with Gasteiger partial charge in [0.1, 0.15) is 11.2 Å². The van der Waals surface area contributed by atoms with Crippen molar-refractivity contribution < 1.29 is 23.6 Å². The summed E-state index contributed by atoms with van der Waals surface area (Å²) in [7, 11) is 0. The van der Waals surface area contributed by atoms with Crippen molar-refractivity contribution in [3.63, 3.8) is 0 Å². The summed E-state index contributed by atoms with van der Waals surface area (Å²) >= 11 is 0. The largest absolute Gasteiger partial charge is 0.456 e. The zero-order valence-electron chi connectivity index (χ0n) is 39.6. The second kappa shape index (κ2) is 11.1. The lowest BCUT2D eigenvalue weighted by atomic mass is 9.83. The normalized spacial score (nSPS) is 15.7. The lowest BCUT2D eigenvalue weighted by Gasteiger charge is -2.19. The lowest BCUT2D eigenvalue weighted by Crippen LogP contribution is -1.92. The van der Waals surface area contributed by atoms with Crippen LogP contribution in [0.15, 0.2) is 186 Å². The molecule has 1 heteroatoms. The fraction of sp³-hybridized carbons (Fsp3) is 0. The Kier molecular flexibility index (Phi) is 3.87. The molecule has 1 nitrogen and oxygen atoms in total. The number of fused-ring (bicyclic) bond motifs is 6. The van der Waals surface area contributed by atoms with Crippen molar-refractivity contribution >= 4 is 54.3 Å². The molecule has 228 valence electrons. The highest BCUT2D eigenvalue weighted by Crippen LogP contribution is 2.47. The van der Waals surface area contributed by atoms with Crippen LogP contribution in [0.4, 0.5) is 0 Å². The fourth-order valence-corrected chi connectivity index (χ4v) is 6.83. The van der Waals surface area contributed by atoms with Crippen LogP contribution in [0.3, 0.4) is 0 Å². The minimum Gasteiger partial charge on any atom is -0.456 e. The van der Waals surface area contributed by atoms with Crippen LogP contribution in [0.5, 0.6) is 0 Å². The highest BCUT2D eigenvalue weighted by atomic mass is 16.3. The molecule has 1 aromatic heterocycles. The van der Waals surface area contributed by atoms with Gasteiger partial charge in [0.25, 0.3) is 0 Å². The highest BCUT2D eigenvalue weighted by Gasteiger charge is 2.20. The van der Waals surface area contributed by atoms with Crippen LogP contribution in [-0.2, 0) is 0 Å². The van der Waals surface area contributed by atoms with E-state index in [4.69, 9.17) is 19.5 Å². The molecule has 49 heavy (non-hydrogen) atoms. The SMILES string of the molecule is [2H]c1c([2H])c([2H])c(-c2ccc(-c3ccccc3-c3c4ccccc4c(-c4c([2H])c([2H])c5c(oc6c([2H])c7c([2H])c([2H])c([2H])c([2H])c7c([2H])c65)c4[2H])c4ccccc34)cc2)c([2H])c1[2H]. The fourth-order valence-electron chi connectivity index (χ4n) is 6.83. The maximum Gasteiger partial charge on any atom is 0.136 e. The van der Waals surface area contributed by atoms with E-state index in [0.29, 0.717) is 21.9 Å². The topological polar surface area (TPSA) is 13.1 Å². The molecule has 10 rings (SSSR count). The zero-order valence-corrected chi connectivity index (χ0v) is 25.6. The average Bonchev–Trinajstić information content (AvgIpc) is 3.71. The summed E-state index contributed by atoms with van der Waals surface area (Å²) in [5.41, 5.74) is 4.16. The van der Waals surface area contributed by atoms with Crippen LogP contribution in [0.2, 0.25) is 0 Å². The number of rotatable bonds is 4.